The van der Waals surface area contributed by atoms with Gasteiger partial charge >= 0.3 is 8.60 Å². The number of imidazole rings is 1. The number of aromatic nitrogens is 2. The zero-order valence-electron chi connectivity index (χ0n) is 21.6. The molecule has 0 saturated carbocycles. The van der Waals surface area contributed by atoms with Crippen LogP contribution in [0.5, 0.6) is 11.6 Å². The second-order valence-corrected chi connectivity index (χ2v) is 10.1. The number of fused-ring (bicyclic) bond motifs is 1. The molecular weight excluding hydrogens is 525 g/mol. The molecule has 0 saturated heterocycles. The van der Waals surface area contributed by atoms with Crippen LogP contribution >= 0.6 is 8.60 Å². The zero-order valence-corrected chi connectivity index (χ0v) is 22.4. The van der Waals surface area contributed by atoms with E-state index in [9.17, 15) is 0 Å². The van der Waals surface area contributed by atoms with Crippen LogP contribution in [0.4, 0.5) is 0 Å². The lowest BCUT2D eigenvalue weighted by Gasteiger charge is -2.27. The number of furan rings is 1. The Hall–Kier alpha value is -4.36. The van der Waals surface area contributed by atoms with Gasteiger partial charge in [-0.2, -0.15) is 0 Å². The number of nitrogens with zero attached hydrogens (tertiary/aromatic N) is 2. The van der Waals surface area contributed by atoms with Crippen molar-refractivity contribution in [3.63, 3.8) is 0 Å². The number of hydrogen-bond acceptors (Lipinski definition) is 7. The predicted octanol–water partition coefficient (Wildman–Crippen LogP) is 6.08. The van der Waals surface area contributed by atoms with Gasteiger partial charge in [0.1, 0.15) is 29.6 Å². The Bertz CT molecular complexity index is 1570. The summed E-state index contributed by atoms with van der Waals surface area (Å²) in [7, 11) is -2.47. The summed E-state index contributed by atoms with van der Waals surface area (Å²) in [6.07, 6.45) is 4.94. The van der Waals surface area contributed by atoms with Gasteiger partial charge in [0.2, 0.25) is 5.88 Å². The summed E-state index contributed by atoms with van der Waals surface area (Å²) in [4.78, 5) is 23.3. The van der Waals surface area contributed by atoms with Crippen molar-refractivity contribution in [3.05, 3.63) is 137 Å². The van der Waals surface area contributed by atoms with Crippen LogP contribution in [-0.4, -0.2) is 19.3 Å². The van der Waals surface area contributed by atoms with E-state index >= 15 is 0 Å². The fourth-order valence-corrected chi connectivity index (χ4v) is 5.09. The normalized spacial score (nSPS) is 14.4. The molecule has 202 valence electrons. The molecule has 3 aromatic carbocycles. The summed E-state index contributed by atoms with van der Waals surface area (Å²) < 4.78 is 19.2. The van der Waals surface area contributed by atoms with E-state index in [0.717, 1.165) is 40.5 Å². The van der Waals surface area contributed by atoms with Gasteiger partial charge in [-0.3, -0.25) is 4.57 Å². The maximum absolute atomic E-state index is 9.12. The van der Waals surface area contributed by atoms with Crippen molar-refractivity contribution in [2.45, 2.75) is 25.5 Å². The van der Waals surface area contributed by atoms with Gasteiger partial charge in [-0.25, -0.2) is 4.98 Å². The molecule has 0 radical (unpaired) electrons. The third-order valence-electron chi connectivity index (χ3n) is 6.64. The minimum atomic E-state index is -2.47. The van der Waals surface area contributed by atoms with E-state index in [1.54, 1.807) is 18.4 Å². The SMILES string of the molecule is OP(O)Oc1ccc(COc2c(Cc3ccco3)nc3n2C=C(c2ccccc2)NC3Cc2ccccc2)cc1. The van der Waals surface area contributed by atoms with Crippen LogP contribution in [0.15, 0.2) is 108 Å². The summed E-state index contributed by atoms with van der Waals surface area (Å²) in [6, 6.07) is 31.3. The van der Waals surface area contributed by atoms with E-state index in [4.69, 9.17) is 28.4 Å². The lowest BCUT2D eigenvalue weighted by molar-refractivity contribution is 0.284. The van der Waals surface area contributed by atoms with Crippen molar-refractivity contribution in [2.24, 2.45) is 0 Å². The first kappa shape index (κ1) is 25.9. The molecule has 0 fully saturated rings. The minimum absolute atomic E-state index is 0.0846. The van der Waals surface area contributed by atoms with Gasteiger partial charge in [0.25, 0.3) is 0 Å². The van der Waals surface area contributed by atoms with Crippen LogP contribution in [-0.2, 0) is 19.4 Å². The number of ether oxygens (including phenoxy) is 1. The molecule has 1 atom stereocenters. The van der Waals surface area contributed by atoms with Gasteiger partial charge in [0.15, 0.2) is 0 Å². The molecule has 2 aromatic heterocycles. The molecule has 0 bridgehead atoms. The largest absolute Gasteiger partial charge is 0.472 e. The number of hydrogen-bond donors (Lipinski definition) is 3. The van der Waals surface area contributed by atoms with Gasteiger partial charge in [-0.1, -0.05) is 72.8 Å². The average molecular weight is 554 g/mol. The quantitative estimate of drug-likeness (QED) is 0.180. The fourth-order valence-electron chi connectivity index (χ4n) is 4.78. The average Bonchev–Trinajstić information content (AvgIpc) is 3.61. The highest BCUT2D eigenvalue weighted by molar-refractivity contribution is 7.39. The second kappa shape index (κ2) is 11.8. The first-order valence-corrected chi connectivity index (χ1v) is 14.1. The third-order valence-corrected chi connectivity index (χ3v) is 7.01. The maximum atomic E-state index is 9.12. The van der Waals surface area contributed by atoms with E-state index in [1.807, 2.05) is 71.4 Å². The molecule has 0 amide bonds. The summed E-state index contributed by atoms with van der Waals surface area (Å²) in [5.41, 5.74) is 4.93. The van der Waals surface area contributed by atoms with Crippen LogP contribution in [0.3, 0.4) is 0 Å². The second-order valence-electron chi connectivity index (χ2n) is 9.42. The van der Waals surface area contributed by atoms with E-state index in [-0.39, 0.29) is 12.6 Å². The standard InChI is InChI=1S/C31H28N3O5P/c35-40(36)39-25-15-13-23(14-16-25)21-38-31-28(19-26-12-7-17-37-26)33-30-27(18-22-8-3-1-4-9-22)32-29(20-34(30)31)24-10-5-2-6-11-24/h1-17,20,27,32,35-36H,18-19,21H2. The Morgan fingerprint density at radius 2 is 1.62 bits per heavy atom. The van der Waals surface area contributed by atoms with E-state index in [2.05, 4.69) is 29.6 Å². The molecule has 5 aromatic rings. The van der Waals surface area contributed by atoms with Gasteiger partial charge in [-0.05, 0) is 47.4 Å². The van der Waals surface area contributed by atoms with Crippen molar-refractivity contribution in [3.8, 4) is 11.6 Å². The zero-order chi connectivity index (χ0) is 27.3. The van der Waals surface area contributed by atoms with Crippen LogP contribution in [0.2, 0.25) is 0 Å². The number of nitrogens with one attached hydrogen (secondary N) is 1. The Morgan fingerprint density at radius 1 is 0.875 bits per heavy atom. The Balaban J connectivity index is 1.38. The van der Waals surface area contributed by atoms with Crippen LogP contribution < -0.4 is 14.6 Å². The summed E-state index contributed by atoms with van der Waals surface area (Å²) >= 11 is 0. The summed E-state index contributed by atoms with van der Waals surface area (Å²) in [5, 5.41) is 3.71. The Kier molecular flexibility index (Phi) is 7.64. The molecule has 9 heteroatoms. The van der Waals surface area contributed by atoms with Gasteiger partial charge in [0, 0.05) is 6.20 Å². The maximum Gasteiger partial charge on any atom is 0.391 e. The Labute approximate surface area is 233 Å². The molecule has 40 heavy (non-hydrogen) atoms. The van der Waals surface area contributed by atoms with Gasteiger partial charge in [0.05, 0.1) is 24.4 Å². The van der Waals surface area contributed by atoms with Crippen molar-refractivity contribution in [1.82, 2.24) is 14.9 Å². The molecule has 1 unspecified atom stereocenters. The molecule has 0 aliphatic carbocycles. The number of benzene rings is 3. The molecule has 3 N–H and O–H groups in total. The highest BCUT2D eigenvalue weighted by atomic mass is 31.2. The third kappa shape index (κ3) is 5.95. The molecule has 1 aliphatic heterocycles. The first-order chi connectivity index (χ1) is 19.6. The summed E-state index contributed by atoms with van der Waals surface area (Å²) in [5.74, 6) is 2.69. The van der Waals surface area contributed by atoms with E-state index in [1.165, 1.54) is 5.56 Å². The van der Waals surface area contributed by atoms with E-state index < -0.39 is 8.60 Å². The van der Waals surface area contributed by atoms with Crippen molar-refractivity contribution in [1.29, 1.82) is 0 Å². The lowest BCUT2D eigenvalue weighted by atomic mass is 10.0. The van der Waals surface area contributed by atoms with Crippen LogP contribution in [0.25, 0.3) is 11.9 Å². The van der Waals surface area contributed by atoms with Crippen molar-refractivity contribution >= 4 is 20.5 Å². The minimum Gasteiger partial charge on any atom is -0.472 e. The smallest absolute Gasteiger partial charge is 0.391 e. The molecule has 1 aliphatic rings. The summed E-state index contributed by atoms with van der Waals surface area (Å²) in [6.45, 7) is 0.287. The molecule has 0 spiro atoms. The lowest BCUT2D eigenvalue weighted by Crippen LogP contribution is -2.28. The molecule has 6 rings (SSSR count). The number of rotatable bonds is 10. The van der Waals surface area contributed by atoms with Crippen LogP contribution in [0, 0.1) is 0 Å². The molecular formula is C31H28N3O5P. The monoisotopic (exact) mass is 553 g/mol. The highest BCUT2D eigenvalue weighted by Crippen LogP contribution is 2.35. The van der Waals surface area contributed by atoms with E-state index in [0.29, 0.717) is 18.1 Å². The molecule has 8 nitrogen and oxygen atoms in total. The highest BCUT2D eigenvalue weighted by Gasteiger charge is 2.29. The fraction of sp³-hybridized carbons (Fsp3) is 0.129. The topological polar surface area (TPSA) is 102 Å². The van der Waals surface area contributed by atoms with Crippen LogP contribution in [0.1, 0.15) is 40.0 Å². The first-order valence-electron chi connectivity index (χ1n) is 12.9. The predicted molar refractivity (Wildman–Crippen MR) is 153 cm³/mol. The van der Waals surface area contributed by atoms with Gasteiger partial charge in [-0.15, -0.1) is 0 Å². The van der Waals surface area contributed by atoms with Crippen molar-refractivity contribution < 1.29 is 23.5 Å². The Morgan fingerprint density at radius 3 is 2.33 bits per heavy atom. The van der Waals surface area contributed by atoms with Gasteiger partial charge < -0.3 is 28.8 Å². The molecule has 3 heterocycles. The van der Waals surface area contributed by atoms with Crippen molar-refractivity contribution in [2.75, 3.05) is 0 Å².